The highest BCUT2D eigenvalue weighted by molar-refractivity contribution is 5.97. The lowest BCUT2D eigenvalue weighted by Gasteiger charge is -2.25. The third-order valence-corrected chi connectivity index (χ3v) is 4.14. The van der Waals surface area contributed by atoms with Gasteiger partial charge in [-0.1, -0.05) is 13.0 Å². The minimum Gasteiger partial charge on any atom is -0.312 e. The van der Waals surface area contributed by atoms with Crippen LogP contribution in [0.15, 0.2) is 18.2 Å². The first-order chi connectivity index (χ1) is 8.65. The van der Waals surface area contributed by atoms with Crippen LogP contribution in [0, 0.1) is 5.92 Å². The number of hydrogen-bond donors (Lipinski definition) is 1. The van der Waals surface area contributed by atoms with Crippen LogP contribution in [0.3, 0.4) is 0 Å². The second-order valence-electron chi connectivity index (χ2n) is 5.62. The summed E-state index contributed by atoms with van der Waals surface area (Å²) in [7, 11) is 0. The molecule has 0 bridgehead atoms. The van der Waals surface area contributed by atoms with Crippen molar-refractivity contribution in [2.24, 2.45) is 5.92 Å². The molecule has 2 atom stereocenters. The predicted molar refractivity (Wildman–Crippen MR) is 72.6 cm³/mol. The van der Waals surface area contributed by atoms with E-state index in [1.54, 1.807) is 0 Å². The summed E-state index contributed by atoms with van der Waals surface area (Å²) in [6.45, 7) is 6.04. The van der Waals surface area contributed by atoms with Crippen LogP contribution in [0.4, 0.5) is 5.69 Å². The van der Waals surface area contributed by atoms with Crippen LogP contribution >= 0.6 is 0 Å². The van der Waals surface area contributed by atoms with E-state index in [1.165, 1.54) is 11.1 Å². The molecule has 96 valence electrons. The highest BCUT2D eigenvalue weighted by Crippen LogP contribution is 2.28. The summed E-state index contributed by atoms with van der Waals surface area (Å²) in [5.41, 5.74) is 3.85. The number of carbonyl (C=O) groups excluding carboxylic acids is 1. The molecule has 1 aromatic carbocycles. The van der Waals surface area contributed by atoms with Gasteiger partial charge in [-0.25, -0.2) is 0 Å². The Balaban J connectivity index is 1.90. The molecule has 0 radical (unpaired) electrons. The minimum absolute atomic E-state index is 0.182. The van der Waals surface area contributed by atoms with Crippen molar-refractivity contribution in [1.82, 2.24) is 5.32 Å². The van der Waals surface area contributed by atoms with Crippen LogP contribution in [0.1, 0.15) is 31.4 Å². The molecule has 0 saturated carbocycles. The second-order valence-corrected chi connectivity index (χ2v) is 5.62. The molecule has 3 nitrogen and oxygen atoms in total. The first-order valence-corrected chi connectivity index (χ1v) is 6.81. The van der Waals surface area contributed by atoms with Crippen molar-refractivity contribution in [3.05, 3.63) is 29.3 Å². The van der Waals surface area contributed by atoms with Crippen LogP contribution in [0.2, 0.25) is 0 Å². The van der Waals surface area contributed by atoms with Gasteiger partial charge in [0.05, 0.1) is 0 Å². The Bertz CT molecular complexity index is 483. The maximum absolute atomic E-state index is 12.1. The van der Waals surface area contributed by atoms with E-state index in [-0.39, 0.29) is 11.8 Å². The van der Waals surface area contributed by atoms with Gasteiger partial charge in [0.15, 0.2) is 0 Å². The van der Waals surface area contributed by atoms with Gasteiger partial charge in [-0.15, -0.1) is 0 Å². The van der Waals surface area contributed by atoms with Crippen LogP contribution in [-0.4, -0.2) is 18.5 Å². The molecular formula is C15H20N2O. The van der Waals surface area contributed by atoms with Crippen molar-refractivity contribution in [3.8, 4) is 0 Å². The molecular weight excluding hydrogens is 224 g/mol. The number of rotatable bonds is 1. The van der Waals surface area contributed by atoms with Crippen molar-refractivity contribution < 1.29 is 4.79 Å². The second kappa shape index (κ2) is 4.39. The van der Waals surface area contributed by atoms with Gasteiger partial charge in [-0.05, 0) is 43.0 Å². The monoisotopic (exact) mass is 244 g/mol. The maximum Gasteiger partial charge on any atom is 0.229 e. The summed E-state index contributed by atoms with van der Waals surface area (Å²) in [5.74, 6) is 0.457. The molecule has 1 unspecified atom stereocenters. The number of amides is 1. The first kappa shape index (κ1) is 11.7. The number of hydrogen-bond acceptors (Lipinski definition) is 2. The summed E-state index contributed by atoms with van der Waals surface area (Å²) in [6, 6.07) is 7.00. The number of fused-ring (bicyclic) bond motifs is 1. The van der Waals surface area contributed by atoms with Crippen molar-refractivity contribution in [1.29, 1.82) is 0 Å². The van der Waals surface area contributed by atoms with E-state index in [1.807, 2.05) is 11.8 Å². The Morgan fingerprint density at radius 2 is 2.11 bits per heavy atom. The third-order valence-electron chi connectivity index (χ3n) is 4.14. The lowest BCUT2D eigenvalue weighted by atomic mass is 9.96. The number of anilines is 1. The molecule has 1 amide bonds. The van der Waals surface area contributed by atoms with Crippen molar-refractivity contribution in [2.75, 3.05) is 11.4 Å². The van der Waals surface area contributed by atoms with Gasteiger partial charge in [-0.3, -0.25) is 4.79 Å². The first-order valence-electron chi connectivity index (χ1n) is 6.81. The van der Waals surface area contributed by atoms with E-state index in [0.29, 0.717) is 6.04 Å². The fraction of sp³-hybridized carbons (Fsp3) is 0.533. The van der Waals surface area contributed by atoms with Crippen LogP contribution in [-0.2, 0) is 17.8 Å². The molecule has 0 aliphatic carbocycles. The zero-order valence-electron chi connectivity index (χ0n) is 11.1. The zero-order valence-corrected chi connectivity index (χ0v) is 11.1. The average Bonchev–Trinajstić information content (AvgIpc) is 2.69. The topological polar surface area (TPSA) is 32.3 Å². The van der Waals surface area contributed by atoms with Crippen molar-refractivity contribution in [3.63, 3.8) is 0 Å². The average molecular weight is 244 g/mol. The predicted octanol–water partition coefficient (Wildman–Crippen LogP) is 2.09. The summed E-state index contributed by atoms with van der Waals surface area (Å²) in [6.07, 6.45) is 2.04. The Kier molecular flexibility index (Phi) is 2.86. The summed E-state index contributed by atoms with van der Waals surface area (Å²) >= 11 is 0. The standard InChI is InChI=1S/C15H20N2O/c1-10-5-6-17(15(10)18)14-4-3-12-9-16-11(2)7-13(12)8-14/h3-4,8,10-11,16H,5-7,9H2,1-2H3/t10-,11?/m0/s1. The number of nitrogens with zero attached hydrogens (tertiary/aromatic N) is 1. The zero-order chi connectivity index (χ0) is 12.7. The summed E-state index contributed by atoms with van der Waals surface area (Å²) < 4.78 is 0. The molecule has 1 aromatic rings. The van der Waals surface area contributed by atoms with E-state index >= 15 is 0 Å². The van der Waals surface area contributed by atoms with E-state index in [4.69, 9.17) is 0 Å². The fourth-order valence-corrected chi connectivity index (χ4v) is 2.91. The Morgan fingerprint density at radius 1 is 1.28 bits per heavy atom. The van der Waals surface area contributed by atoms with Gasteiger partial charge in [0, 0.05) is 30.7 Å². The van der Waals surface area contributed by atoms with E-state index < -0.39 is 0 Å². The third kappa shape index (κ3) is 1.93. The van der Waals surface area contributed by atoms with E-state index in [2.05, 4.69) is 30.4 Å². The van der Waals surface area contributed by atoms with Gasteiger partial charge < -0.3 is 10.2 Å². The molecule has 18 heavy (non-hydrogen) atoms. The normalized spacial score (nSPS) is 27.4. The number of benzene rings is 1. The SMILES string of the molecule is CC1Cc2cc(N3CC[C@H](C)C3=O)ccc2CN1. The largest absolute Gasteiger partial charge is 0.312 e. The van der Waals surface area contributed by atoms with Crippen LogP contribution in [0.5, 0.6) is 0 Å². The van der Waals surface area contributed by atoms with Crippen molar-refractivity contribution in [2.45, 2.75) is 39.3 Å². The van der Waals surface area contributed by atoms with Crippen LogP contribution < -0.4 is 10.2 Å². The van der Waals surface area contributed by atoms with Gasteiger partial charge >= 0.3 is 0 Å². The molecule has 2 aliphatic heterocycles. The lowest BCUT2D eigenvalue weighted by Crippen LogP contribution is -2.33. The Morgan fingerprint density at radius 3 is 2.83 bits per heavy atom. The molecule has 1 fully saturated rings. The molecule has 2 heterocycles. The summed E-state index contributed by atoms with van der Waals surface area (Å²) in [5, 5.41) is 3.46. The molecule has 1 N–H and O–H groups in total. The highest BCUT2D eigenvalue weighted by atomic mass is 16.2. The molecule has 2 aliphatic rings. The lowest BCUT2D eigenvalue weighted by molar-refractivity contribution is -0.119. The van der Waals surface area contributed by atoms with Gasteiger partial charge in [0.1, 0.15) is 0 Å². The van der Waals surface area contributed by atoms with Crippen molar-refractivity contribution >= 4 is 11.6 Å². The minimum atomic E-state index is 0.182. The van der Waals surface area contributed by atoms with Crippen LogP contribution in [0.25, 0.3) is 0 Å². The fourth-order valence-electron chi connectivity index (χ4n) is 2.91. The number of carbonyl (C=O) groups is 1. The maximum atomic E-state index is 12.1. The Labute approximate surface area is 108 Å². The molecule has 3 rings (SSSR count). The van der Waals surface area contributed by atoms with E-state index in [9.17, 15) is 4.79 Å². The van der Waals surface area contributed by atoms with Gasteiger partial charge in [0.25, 0.3) is 0 Å². The summed E-state index contributed by atoms with van der Waals surface area (Å²) in [4.78, 5) is 14.0. The Hall–Kier alpha value is -1.35. The number of nitrogens with one attached hydrogen (secondary N) is 1. The highest BCUT2D eigenvalue weighted by Gasteiger charge is 2.29. The molecule has 1 saturated heterocycles. The molecule has 0 spiro atoms. The van der Waals surface area contributed by atoms with Gasteiger partial charge in [-0.2, -0.15) is 0 Å². The smallest absolute Gasteiger partial charge is 0.229 e. The molecule has 3 heteroatoms. The molecule has 0 aromatic heterocycles. The van der Waals surface area contributed by atoms with Gasteiger partial charge in [0.2, 0.25) is 5.91 Å². The quantitative estimate of drug-likeness (QED) is 0.820. The van der Waals surface area contributed by atoms with E-state index in [0.717, 1.165) is 31.6 Å².